The third-order valence-electron chi connectivity index (χ3n) is 6.41. The maximum Gasteiger partial charge on any atom is 0.271 e. The number of nitrogens with zero attached hydrogens (tertiary/aromatic N) is 4. The van der Waals surface area contributed by atoms with Gasteiger partial charge in [0.15, 0.2) is 17.3 Å². The summed E-state index contributed by atoms with van der Waals surface area (Å²) in [7, 11) is 4.00. The lowest BCUT2D eigenvalue weighted by atomic mass is 10.1. The summed E-state index contributed by atoms with van der Waals surface area (Å²) in [6, 6.07) is 7.80. The number of benzene rings is 1. The minimum atomic E-state index is -0.885. The molecule has 4 N–H and O–H groups in total. The van der Waals surface area contributed by atoms with Gasteiger partial charge in [0, 0.05) is 42.6 Å². The van der Waals surface area contributed by atoms with Gasteiger partial charge in [-0.2, -0.15) is 0 Å². The first kappa shape index (κ1) is 29.5. The molecule has 0 saturated carbocycles. The minimum absolute atomic E-state index is 0.0833. The summed E-state index contributed by atoms with van der Waals surface area (Å²) in [4.78, 5) is 49.5. The normalized spacial score (nSPS) is 12.5. The Hall–Kier alpha value is -3.73. The van der Waals surface area contributed by atoms with Crippen molar-refractivity contribution >= 4 is 45.3 Å². The Morgan fingerprint density at radius 1 is 1.24 bits per heavy atom. The monoisotopic (exact) mass is 525 g/mol. The fraction of sp³-hybridized carbons (Fsp3) is 0.423. The van der Waals surface area contributed by atoms with E-state index < -0.39 is 11.1 Å². The Morgan fingerprint density at radius 2 is 1.92 bits per heavy atom. The summed E-state index contributed by atoms with van der Waals surface area (Å²) in [5, 5.41) is 5.24. The molecule has 1 aromatic heterocycles. The average molecular weight is 526 g/mol. The molecule has 0 spiro atoms. The molecule has 0 aliphatic rings. The van der Waals surface area contributed by atoms with Crippen LogP contribution >= 0.6 is 0 Å². The van der Waals surface area contributed by atoms with Gasteiger partial charge in [0.2, 0.25) is 11.8 Å². The van der Waals surface area contributed by atoms with Crippen LogP contribution in [0.25, 0.3) is 0 Å². The molecule has 11 heteroatoms. The Morgan fingerprint density at radius 3 is 2.49 bits per heavy atom. The van der Waals surface area contributed by atoms with Gasteiger partial charge < -0.3 is 26.2 Å². The average Bonchev–Trinajstić information content (AvgIpc) is 2.86. The fourth-order valence-corrected chi connectivity index (χ4v) is 3.92. The third-order valence-corrected chi connectivity index (χ3v) is 7.54. The number of amides is 3. The van der Waals surface area contributed by atoms with E-state index in [0.29, 0.717) is 52.6 Å². The molecular weight excluding hydrogens is 486 g/mol. The number of anilines is 3. The molecule has 3 amide bonds. The highest BCUT2D eigenvalue weighted by Crippen LogP contribution is 2.25. The van der Waals surface area contributed by atoms with Crippen LogP contribution in [0.3, 0.4) is 0 Å². The van der Waals surface area contributed by atoms with Crippen LogP contribution < -0.4 is 21.3 Å². The lowest BCUT2D eigenvalue weighted by molar-refractivity contribution is -0.137. The molecule has 0 fully saturated rings. The molecule has 2 aromatic rings. The van der Waals surface area contributed by atoms with Gasteiger partial charge in [-0.3, -0.25) is 14.4 Å². The van der Waals surface area contributed by atoms with Crippen molar-refractivity contribution in [1.82, 2.24) is 20.2 Å². The van der Waals surface area contributed by atoms with Crippen LogP contribution in [0.15, 0.2) is 36.9 Å². The Bertz CT molecular complexity index is 1170. The molecule has 0 aliphatic heterocycles. The van der Waals surface area contributed by atoms with Crippen LogP contribution in [-0.2, 0) is 22.4 Å². The summed E-state index contributed by atoms with van der Waals surface area (Å²) in [5.41, 5.74) is 8.09. The quantitative estimate of drug-likeness (QED) is 0.279. The molecule has 37 heavy (non-hydrogen) atoms. The predicted molar refractivity (Wildman–Crippen MR) is 151 cm³/mol. The lowest BCUT2D eigenvalue weighted by Crippen LogP contribution is -2.57. The molecule has 0 aliphatic carbocycles. The van der Waals surface area contributed by atoms with E-state index in [1.807, 2.05) is 43.1 Å². The first-order valence-electron chi connectivity index (χ1n) is 12.3. The highest BCUT2D eigenvalue weighted by Gasteiger charge is 2.33. The summed E-state index contributed by atoms with van der Waals surface area (Å²) >= 11 is 0. The van der Waals surface area contributed by atoms with E-state index in [0.717, 1.165) is 5.56 Å². The predicted octanol–water partition coefficient (Wildman–Crippen LogP) is 1.11. The number of primary amides is 1. The van der Waals surface area contributed by atoms with Gasteiger partial charge in [0.25, 0.3) is 5.91 Å². The zero-order valence-corrected chi connectivity index (χ0v) is 24.9. The van der Waals surface area contributed by atoms with Crippen molar-refractivity contribution in [3.05, 3.63) is 53.9 Å². The second-order valence-corrected chi connectivity index (χ2v) is 11.6. The maximum absolute atomic E-state index is 12.7. The molecule has 1 atom stereocenters. The number of hydrogen-bond donors (Lipinski definition) is 3. The third kappa shape index (κ3) is 7.16. The van der Waals surface area contributed by atoms with Crippen molar-refractivity contribution in [3.8, 4) is 0 Å². The second kappa shape index (κ2) is 12.5. The lowest BCUT2D eigenvalue weighted by Gasteiger charge is -2.33. The van der Waals surface area contributed by atoms with E-state index in [2.05, 4.69) is 36.0 Å². The standard InChI is InChI=1S/C26H39N7O3Si/c1-8-19-24(32(6)16(3)4)31-23(21(30-19)22(27)35)29-18-12-10-11-17(15-18)13-14-28-25(36)26(5,37)33(7)20(34)9-2/h9-12,15-16H,2,8,13-14H2,1,3-7,37H3,(H2,27,35)(H,28,36)(H,29,31)/t26-/m0/s1. The van der Waals surface area contributed by atoms with Crippen molar-refractivity contribution in [2.45, 2.75) is 51.7 Å². The van der Waals surface area contributed by atoms with Gasteiger partial charge in [0.05, 0.1) is 10.9 Å². The van der Waals surface area contributed by atoms with Crippen LogP contribution in [0, 0.1) is 0 Å². The molecule has 0 saturated heterocycles. The second-order valence-electron chi connectivity index (χ2n) is 9.61. The zero-order chi connectivity index (χ0) is 27.9. The van der Waals surface area contributed by atoms with E-state index in [1.165, 1.54) is 11.0 Å². The maximum atomic E-state index is 12.7. The van der Waals surface area contributed by atoms with Gasteiger partial charge in [-0.1, -0.05) is 25.6 Å². The molecule has 2 rings (SSSR count). The van der Waals surface area contributed by atoms with Gasteiger partial charge in [0.1, 0.15) is 0 Å². The van der Waals surface area contributed by atoms with Crippen molar-refractivity contribution in [3.63, 3.8) is 0 Å². The van der Waals surface area contributed by atoms with Crippen molar-refractivity contribution in [2.75, 3.05) is 30.9 Å². The number of carbonyl (C=O) groups excluding carboxylic acids is 3. The SMILES string of the molecule is C=CC(=O)N(C)[C@@](C)([SiH3])C(=O)NCCc1cccc(Nc2nc(N(C)C(C)C)c(CC)nc2C(N)=O)c1. The first-order chi connectivity index (χ1) is 17.3. The van der Waals surface area contributed by atoms with Gasteiger partial charge >= 0.3 is 0 Å². The van der Waals surface area contributed by atoms with E-state index in [4.69, 9.17) is 10.7 Å². The smallest absolute Gasteiger partial charge is 0.271 e. The minimum Gasteiger partial charge on any atom is -0.364 e. The Balaban J connectivity index is 2.20. The summed E-state index contributed by atoms with van der Waals surface area (Å²) < 4.78 is 0. The number of nitrogens with one attached hydrogen (secondary N) is 2. The van der Waals surface area contributed by atoms with Crippen LogP contribution in [-0.4, -0.2) is 74.7 Å². The van der Waals surface area contributed by atoms with Crippen LogP contribution in [0.2, 0.25) is 0 Å². The van der Waals surface area contributed by atoms with E-state index in [-0.39, 0.29) is 23.6 Å². The van der Waals surface area contributed by atoms with Gasteiger partial charge in [-0.15, -0.1) is 0 Å². The van der Waals surface area contributed by atoms with Crippen LogP contribution in [0.1, 0.15) is 49.4 Å². The summed E-state index contributed by atoms with van der Waals surface area (Å²) in [6.45, 7) is 11.7. The van der Waals surface area contributed by atoms with E-state index in [9.17, 15) is 14.4 Å². The first-order valence-corrected chi connectivity index (χ1v) is 13.3. The largest absolute Gasteiger partial charge is 0.364 e. The van der Waals surface area contributed by atoms with Gasteiger partial charge in [-0.25, -0.2) is 9.97 Å². The molecular formula is C26H39N7O3Si. The summed E-state index contributed by atoms with van der Waals surface area (Å²) in [5.74, 6) is -0.174. The molecule has 0 radical (unpaired) electrons. The molecule has 200 valence electrons. The topological polar surface area (TPSA) is 134 Å². The summed E-state index contributed by atoms with van der Waals surface area (Å²) in [6.07, 6.45) is 2.38. The fourth-order valence-electron chi connectivity index (χ4n) is 3.53. The van der Waals surface area contributed by atoms with Crippen molar-refractivity contribution in [1.29, 1.82) is 0 Å². The number of hydrogen-bond acceptors (Lipinski definition) is 7. The highest BCUT2D eigenvalue weighted by molar-refractivity contribution is 6.29. The van der Waals surface area contributed by atoms with Crippen molar-refractivity contribution in [2.24, 2.45) is 5.73 Å². The number of likely N-dealkylation sites (N-methyl/N-ethyl adjacent to an activating group) is 1. The van der Waals surface area contributed by atoms with Crippen LogP contribution in [0.5, 0.6) is 0 Å². The molecule has 1 aromatic carbocycles. The number of aromatic nitrogens is 2. The molecule has 1 heterocycles. The zero-order valence-electron chi connectivity index (χ0n) is 22.9. The van der Waals surface area contributed by atoms with E-state index in [1.54, 1.807) is 14.0 Å². The molecule has 0 bridgehead atoms. The molecule has 0 unspecified atom stereocenters. The van der Waals surface area contributed by atoms with Crippen molar-refractivity contribution < 1.29 is 14.4 Å². The highest BCUT2D eigenvalue weighted by atomic mass is 28.1. The molecule has 10 nitrogen and oxygen atoms in total. The Kier molecular flexibility index (Phi) is 9.95. The number of nitrogens with two attached hydrogens (primary N) is 1. The number of carbonyl (C=O) groups is 3. The van der Waals surface area contributed by atoms with E-state index >= 15 is 0 Å². The van der Waals surface area contributed by atoms with Crippen LogP contribution in [0.4, 0.5) is 17.3 Å². The Labute approximate surface area is 222 Å². The van der Waals surface area contributed by atoms with Gasteiger partial charge in [-0.05, 0) is 57.4 Å². The number of aryl methyl sites for hydroxylation is 1. The number of rotatable bonds is 12.